The molecule has 3 nitrogen and oxygen atoms in total. The molecule has 0 aliphatic rings. The summed E-state index contributed by atoms with van der Waals surface area (Å²) in [6.45, 7) is 2.84. The highest BCUT2D eigenvalue weighted by Crippen LogP contribution is 2.17. The van der Waals surface area contributed by atoms with Crippen molar-refractivity contribution in [3.05, 3.63) is 23.6 Å². The van der Waals surface area contributed by atoms with Crippen molar-refractivity contribution in [2.24, 2.45) is 0 Å². The number of halogens is 1. The molecule has 0 bridgehead atoms. The van der Waals surface area contributed by atoms with E-state index in [1.165, 1.54) is 18.7 Å². The lowest BCUT2D eigenvalue weighted by molar-refractivity contribution is 0.281. The SMILES string of the molecule is CCCCCN(C)c1ncc(F)cc1CO. The normalized spacial score (nSPS) is 10.5. The molecule has 0 unspecified atom stereocenters. The van der Waals surface area contributed by atoms with Crippen molar-refractivity contribution in [2.75, 3.05) is 18.5 Å². The van der Waals surface area contributed by atoms with Crippen molar-refractivity contribution < 1.29 is 9.50 Å². The number of hydrogen-bond donors (Lipinski definition) is 1. The average Bonchev–Trinajstić information content (AvgIpc) is 2.29. The van der Waals surface area contributed by atoms with Gasteiger partial charge >= 0.3 is 0 Å². The van der Waals surface area contributed by atoms with E-state index in [1.54, 1.807) is 0 Å². The van der Waals surface area contributed by atoms with Gasteiger partial charge < -0.3 is 10.0 Å². The Morgan fingerprint density at radius 2 is 2.19 bits per heavy atom. The van der Waals surface area contributed by atoms with Crippen LogP contribution in [0.4, 0.5) is 10.2 Å². The summed E-state index contributed by atoms with van der Waals surface area (Å²) in [5.41, 5.74) is 0.541. The minimum absolute atomic E-state index is 0.182. The van der Waals surface area contributed by atoms with E-state index < -0.39 is 5.82 Å². The first-order valence-electron chi connectivity index (χ1n) is 5.65. The monoisotopic (exact) mass is 226 g/mol. The van der Waals surface area contributed by atoms with Crippen molar-refractivity contribution in [3.8, 4) is 0 Å². The number of nitrogens with zero attached hydrogens (tertiary/aromatic N) is 2. The van der Waals surface area contributed by atoms with Gasteiger partial charge in [-0.05, 0) is 12.5 Å². The standard InChI is InChI=1S/C12H19FN2O/c1-3-4-5-6-15(2)12-10(9-16)7-11(13)8-14-12/h7-8,16H,3-6,9H2,1-2H3. The Morgan fingerprint density at radius 3 is 2.81 bits per heavy atom. The molecule has 1 N–H and O–H groups in total. The summed E-state index contributed by atoms with van der Waals surface area (Å²) >= 11 is 0. The maximum absolute atomic E-state index is 12.9. The van der Waals surface area contributed by atoms with E-state index in [2.05, 4.69) is 11.9 Å². The molecule has 1 aromatic rings. The van der Waals surface area contributed by atoms with Crippen molar-refractivity contribution in [3.63, 3.8) is 0 Å². The van der Waals surface area contributed by atoms with Crippen LogP contribution in [0.3, 0.4) is 0 Å². The fraction of sp³-hybridized carbons (Fsp3) is 0.583. The second-order valence-electron chi connectivity index (χ2n) is 3.92. The van der Waals surface area contributed by atoms with Gasteiger partial charge in [0.2, 0.25) is 0 Å². The highest BCUT2D eigenvalue weighted by molar-refractivity contribution is 5.45. The van der Waals surface area contributed by atoms with Gasteiger partial charge in [0.25, 0.3) is 0 Å². The Hall–Kier alpha value is -1.16. The first-order chi connectivity index (χ1) is 7.69. The summed E-state index contributed by atoms with van der Waals surface area (Å²) in [5.74, 6) is 0.259. The average molecular weight is 226 g/mol. The molecule has 0 amide bonds. The Balaban J connectivity index is 2.70. The molecular formula is C12H19FN2O. The summed E-state index contributed by atoms with van der Waals surface area (Å²) in [5, 5.41) is 9.13. The Labute approximate surface area is 95.9 Å². The Morgan fingerprint density at radius 1 is 1.44 bits per heavy atom. The van der Waals surface area contributed by atoms with Gasteiger partial charge in [-0.25, -0.2) is 9.37 Å². The molecule has 0 aliphatic heterocycles. The van der Waals surface area contributed by atoms with Crippen LogP contribution in [0.1, 0.15) is 31.7 Å². The molecule has 0 aliphatic carbocycles. The number of unbranched alkanes of at least 4 members (excludes halogenated alkanes) is 2. The van der Waals surface area contributed by atoms with Crippen molar-refractivity contribution >= 4 is 5.82 Å². The van der Waals surface area contributed by atoms with Crippen LogP contribution in [-0.4, -0.2) is 23.7 Å². The van der Waals surface area contributed by atoms with Crippen LogP contribution in [0, 0.1) is 5.82 Å². The topological polar surface area (TPSA) is 36.4 Å². The predicted molar refractivity (Wildman–Crippen MR) is 62.9 cm³/mol. The number of pyridine rings is 1. The molecular weight excluding hydrogens is 207 g/mol. The van der Waals surface area contributed by atoms with Gasteiger partial charge in [-0.15, -0.1) is 0 Å². The molecule has 1 heterocycles. The zero-order valence-corrected chi connectivity index (χ0v) is 9.91. The molecule has 16 heavy (non-hydrogen) atoms. The summed E-state index contributed by atoms with van der Waals surface area (Å²) in [4.78, 5) is 5.98. The van der Waals surface area contributed by atoms with E-state index in [1.807, 2.05) is 11.9 Å². The highest BCUT2D eigenvalue weighted by atomic mass is 19.1. The van der Waals surface area contributed by atoms with Gasteiger partial charge in [0, 0.05) is 19.2 Å². The third-order valence-electron chi connectivity index (χ3n) is 2.54. The maximum atomic E-state index is 12.9. The van der Waals surface area contributed by atoms with Gasteiger partial charge in [-0.3, -0.25) is 0 Å². The van der Waals surface area contributed by atoms with Gasteiger partial charge in [0.05, 0.1) is 12.8 Å². The summed E-state index contributed by atoms with van der Waals surface area (Å²) in [6, 6.07) is 1.33. The van der Waals surface area contributed by atoms with Crippen LogP contribution in [0.5, 0.6) is 0 Å². The first kappa shape index (κ1) is 12.9. The number of aromatic nitrogens is 1. The quantitative estimate of drug-likeness (QED) is 0.756. The molecule has 0 saturated heterocycles. The van der Waals surface area contributed by atoms with Gasteiger partial charge in [-0.1, -0.05) is 19.8 Å². The van der Waals surface area contributed by atoms with Crippen LogP contribution in [-0.2, 0) is 6.61 Å². The summed E-state index contributed by atoms with van der Waals surface area (Å²) in [6.07, 6.45) is 4.60. The molecule has 90 valence electrons. The van der Waals surface area contributed by atoms with Gasteiger partial charge in [0.15, 0.2) is 0 Å². The highest BCUT2D eigenvalue weighted by Gasteiger charge is 2.09. The molecule has 0 saturated carbocycles. The zero-order valence-electron chi connectivity index (χ0n) is 9.91. The van der Waals surface area contributed by atoms with E-state index in [9.17, 15) is 4.39 Å². The van der Waals surface area contributed by atoms with Crippen LogP contribution in [0.15, 0.2) is 12.3 Å². The lowest BCUT2D eigenvalue weighted by Crippen LogP contribution is -2.21. The number of hydrogen-bond acceptors (Lipinski definition) is 3. The van der Waals surface area contributed by atoms with Crippen molar-refractivity contribution in [2.45, 2.75) is 32.8 Å². The molecule has 0 spiro atoms. The molecule has 0 atom stereocenters. The van der Waals surface area contributed by atoms with Crippen molar-refractivity contribution in [1.82, 2.24) is 4.98 Å². The van der Waals surface area contributed by atoms with Crippen molar-refractivity contribution in [1.29, 1.82) is 0 Å². The van der Waals surface area contributed by atoms with E-state index >= 15 is 0 Å². The van der Waals surface area contributed by atoms with E-state index in [4.69, 9.17) is 5.11 Å². The molecule has 0 fully saturated rings. The van der Waals surface area contributed by atoms with E-state index in [-0.39, 0.29) is 6.61 Å². The second-order valence-corrected chi connectivity index (χ2v) is 3.92. The third kappa shape index (κ3) is 3.45. The third-order valence-corrected chi connectivity index (χ3v) is 2.54. The van der Waals surface area contributed by atoms with Gasteiger partial charge in [0.1, 0.15) is 11.6 Å². The van der Waals surface area contributed by atoms with E-state index in [0.29, 0.717) is 11.4 Å². The largest absolute Gasteiger partial charge is 0.392 e. The number of anilines is 1. The number of aliphatic hydroxyl groups is 1. The Bertz CT molecular complexity index is 331. The molecule has 0 radical (unpaired) electrons. The van der Waals surface area contributed by atoms with E-state index in [0.717, 1.165) is 19.4 Å². The first-order valence-corrected chi connectivity index (χ1v) is 5.65. The fourth-order valence-electron chi connectivity index (χ4n) is 1.64. The molecule has 1 rings (SSSR count). The zero-order chi connectivity index (χ0) is 12.0. The van der Waals surface area contributed by atoms with Crippen LogP contribution < -0.4 is 4.90 Å². The van der Waals surface area contributed by atoms with Crippen LogP contribution >= 0.6 is 0 Å². The van der Waals surface area contributed by atoms with Gasteiger partial charge in [-0.2, -0.15) is 0 Å². The van der Waals surface area contributed by atoms with Crippen LogP contribution in [0.2, 0.25) is 0 Å². The Kier molecular flexibility index (Phi) is 5.19. The summed E-state index contributed by atoms with van der Waals surface area (Å²) in [7, 11) is 1.91. The fourth-order valence-corrected chi connectivity index (χ4v) is 1.64. The lowest BCUT2D eigenvalue weighted by Gasteiger charge is -2.20. The second kappa shape index (κ2) is 6.43. The lowest BCUT2D eigenvalue weighted by atomic mass is 10.2. The predicted octanol–water partition coefficient (Wildman–Crippen LogP) is 2.34. The minimum Gasteiger partial charge on any atom is -0.392 e. The minimum atomic E-state index is -0.408. The molecule has 0 aromatic carbocycles. The summed E-state index contributed by atoms with van der Waals surface area (Å²) < 4.78 is 12.9. The maximum Gasteiger partial charge on any atom is 0.142 e. The van der Waals surface area contributed by atoms with Crippen LogP contribution in [0.25, 0.3) is 0 Å². The molecule has 1 aromatic heterocycles. The molecule has 4 heteroatoms. The number of aliphatic hydroxyl groups excluding tert-OH is 1. The smallest absolute Gasteiger partial charge is 0.142 e. The number of rotatable bonds is 6.